The molecule has 1 aliphatic carbocycles. The average molecular weight is 439 g/mol. The Morgan fingerprint density at radius 2 is 2.26 bits per heavy atom. The summed E-state index contributed by atoms with van der Waals surface area (Å²) in [7, 11) is 1.83. The van der Waals surface area contributed by atoms with Crippen molar-refractivity contribution in [1.82, 2.24) is 30.0 Å². The zero-order valence-corrected chi connectivity index (χ0v) is 17.4. The topological polar surface area (TPSA) is 115 Å². The first-order chi connectivity index (χ1) is 15.0. The number of halogens is 1. The lowest BCUT2D eigenvalue weighted by Gasteiger charge is -2.21. The second kappa shape index (κ2) is 7.66. The lowest BCUT2D eigenvalue weighted by Crippen LogP contribution is -2.40. The number of carbonyl (C=O) groups is 2. The van der Waals surface area contributed by atoms with Gasteiger partial charge in [0.2, 0.25) is 0 Å². The lowest BCUT2D eigenvalue weighted by atomic mass is 9.94. The van der Waals surface area contributed by atoms with Crippen LogP contribution in [0.3, 0.4) is 0 Å². The molecule has 1 aromatic carbocycles. The number of rotatable bonds is 3. The number of aromatic nitrogens is 5. The van der Waals surface area contributed by atoms with E-state index in [2.05, 4.69) is 25.4 Å². The molecule has 1 aliphatic rings. The third kappa shape index (κ3) is 3.72. The average Bonchev–Trinajstić information content (AvgIpc) is 3.28. The van der Waals surface area contributed by atoms with Gasteiger partial charge >= 0.3 is 6.09 Å². The number of H-pyrrole nitrogens is 1. The van der Waals surface area contributed by atoms with E-state index in [1.807, 2.05) is 19.2 Å². The van der Waals surface area contributed by atoms with Gasteiger partial charge in [0.05, 0.1) is 11.7 Å². The van der Waals surface area contributed by atoms with E-state index in [4.69, 9.17) is 16.3 Å². The number of hydrogen-bond donors (Lipinski definition) is 2. The number of nitrogens with zero attached hydrogens (tertiary/aromatic N) is 4. The Hall–Kier alpha value is -3.46. The molecule has 1 atom stereocenters. The number of ketones is 1. The van der Waals surface area contributed by atoms with Crippen molar-refractivity contribution in [2.75, 3.05) is 0 Å². The summed E-state index contributed by atoms with van der Waals surface area (Å²) in [5, 5.41) is 8.83. The Kier molecular flexibility index (Phi) is 4.82. The van der Waals surface area contributed by atoms with Gasteiger partial charge < -0.3 is 15.0 Å². The summed E-state index contributed by atoms with van der Waals surface area (Å²) in [4.78, 5) is 36.0. The van der Waals surface area contributed by atoms with Crippen molar-refractivity contribution < 1.29 is 14.3 Å². The summed E-state index contributed by atoms with van der Waals surface area (Å²) < 4.78 is 7.20. The Bertz CT molecular complexity index is 1330. The van der Waals surface area contributed by atoms with Crippen molar-refractivity contribution >= 4 is 45.5 Å². The molecule has 1 unspecified atom stereocenters. The zero-order valence-electron chi connectivity index (χ0n) is 16.7. The third-order valence-corrected chi connectivity index (χ3v) is 5.64. The summed E-state index contributed by atoms with van der Waals surface area (Å²) in [6.45, 7) is 0. The Morgan fingerprint density at radius 1 is 1.39 bits per heavy atom. The van der Waals surface area contributed by atoms with Crippen LogP contribution in [0.5, 0.6) is 5.75 Å². The summed E-state index contributed by atoms with van der Waals surface area (Å²) >= 11 is 6.11. The van der Waals surface area contributed by atoms with Crippen LogP contribution in [-0.4, -0.2) is 42.7 Å². The maximum atomic E-state index is 12.4. The zero-order chi connectivity index (χ0) is 21.5. The smallest absolute Gasteiger partial charge is 0.406 e. The first-order valence-corrected chi connectivity index (χ1v) is 10.3. The van der Waals surface area contributed by atoms with Crippen molar-refractivity contribution in [3.8, 4) is 17.1 Å². The Balaban J connectivity index is 1.44. The van der Waals surface area contributed by atoms with E-state index in [1.165, 1.54) is 6.20 Å². The molecule has 9 nitrogen and oxygen atoms in total. The minimum absolute atomic E-state index is 0.156. The molecule has 1 amide bonds. The highest BCUT2D eigenvalue weighted by molar-refractivity contribution is 6.31. The number of benzene rings is 1. The SMILES string of the molecule is Cn1nc(-c2cnc3[nH]cc(OC(=O)NC4CCCC(=O)C4)c3n2)c2ccc(Cl)cc21. The highest BCUT2D eigenvalue weighted by Crippen LogP contribution is 2.30. The Morgan fingerprint density at radius 3 is 3.10 bits per heavy atom. The number of aryl methyl sites for hydroxylation is 1. The van der Waals surface area contributed by atoms with E-state index in [0.29, 0.717) is 40.4 Å². The standard InChI is InChI=1S/C21H19ClN6O3/c1-28-16-7-11(22)5-6-14(16)18(27-28)15-9-23-20-19(26-15)17(10-24-20)31-21(30)25-12-3-2-4-13(29)8-12/h5-7,9-10,12H,2-4,8H2,1H3,(H,23,24)(H,25,30). The number of carbonyl (C=O) groups excluding carboxylic acids is 2. The summed E-state index contributed by atoms with van der Waals surface area (Å²) in [6, 6.07) is 5.32. The molecule has 3 heterocycles. The Labute approximate surface area is 181 Å². The molecule has 4 aromatic rings. The molecular weight excluding hydrogens is 420 g/mol. The fourth-order valence-electron chi connectivity index (χ4n) is 3.92. The van der Waals surface area contributed by atoms with Crippen LogP contribution in [0.4, 0.5) is 4.79 Å². The summed E-state index contributed by atoms with van der Waals surface area (Å²) in [5.74, 6) is 0.412. The first kappa shape index (κ1) is 19.5. The predicted molar refractivity (Wildman–Crippen MR) is 115 cm³/mol. The number of fused-ring (bicyclic) bond motifs is 2. The maximum absolute atomic E-state index is 12.4. The molecule has 5 rings (SSSR count). The van der Waals surface area contributed by atoms with Crippen LogP contribution >= 0.6 is 11.6 Å². The van der Waals surface area contributed by atoms with Crippen LogP contribution in [0.25, 0.3) is 33.5 Å². The number of Topliss-reactive ketones (excluding diaryl/α,β-unsaturated/α-hetero) is 1. The molecular formula is C21H19ClN6O3. The second-order valence-corrected chi connectivity index (χ2v) is 8.04. The van der Waals surface area contributed by atoms with Crippen molar-refractivity contribution in [1.29, 1.82) is 0 Å². The van der Waals surface area contributed by atoms with Crippen molar-refractivity contribution in [2.24, 2.45) is 7.05 Å². The van der Waals surface area contributed by atoms with Gasteiger partial charge in [0.1, 0.15) is 17.2 Å². The molecule has 158 valence electrons. The quantitative estimate of drug-likeness (QED) is 0.503. The molecule has 0 radical (unpaired) electrons. The van der Waals surface area contributed by atoms with Gasteiger partial charge in [-0.2, -0.15) is 5.10 Å². The molecule has 10 heteroatoms. The van der Waals surface area contributed by atoms with Crippen molar-refractivity contribution in [3.63, 3.8) is 0 Å². The minimum atomic E-state index is -0.620. The van der Waals surface area contributed by atoms with Crippen LogP contribution in [0.15, 0.2) is 30.6 Å². The van der Waals surface area contributed by atoms with E-state index < -0.39 is 6.09 Å². The number of aromatic amines is 1. The van der Waals surface area contributed by atoms with Crippen LogP contribution < -0.4 is 10.1 Å². The van der Waals surface area contributed by atoms with E-state index >= 15 is 0 Å². The molecule has 0 saturated heterocycles. The molecule has 0 aliphatic heterocycles. The van der Waals surface area contributed by atoms with Gasteiger partial charge in [-0.3, -0.25) is 9.48 Å². The maximum Gasteiger partial charge on any atom is 0.412 e. The van der Waals surface area contributed by atoms with E-state index in [0.717, 1.165) is 23.7 Å². The van der Waals surface area contributed by atoms with Gasteiger partial charge in [-0.05, 0) is 31.0 Å². The number of amides is 1. The molecule has 0 spiro atoms. The van der Waals surface area contributed by atoms with Crippen molar-refractivity contribution in [3.05, 3.63) is 35.6 Å². The van der Waals surface area contributed by atoms with E-state index in [1.54, 1.807) is 16.9 Å². The summed E-state index contributed by atoms with van der Waals surface area (Å²) in [6.07, 6.45) is 4.98. The largest absolute Gasteiger partial charge is 0.412 e. The fraction of sp³-hybridized carbons (Fsp3) is 0.286. The van der Waals surface area contributed by atoms with Crippen LogP contribution in [0.2, 0.25) is 5.02 Å². The van der Waals surface area contributed by atoms with Gasteiger partial charge in [-0.25, -0.2) is 14.8 Å². The predicted octanol–water partition coefficient (Wildman–Crippen LogP) is 3.77. The van der Waals surface area contributed by atoms with E-state index in [9.17, 15) is 9.59 Å². The van der Waals surface area contributed by atoms with Crippen LogP contribution in [0.1, 0.15) is 25.7 Å². The highest BCUT2D eigenvalue weighted by Gasteiger charge is 2.23. The normalized spacial score (nSPS) is 16.7. The van der Waals surface area contributed by atoms with Gasteiger partial charge in [0.25, 0.3) is 0 Å². The lowest BCUT2D eigenvalue weighted by molar-refractivity contribution is -0.120. The van der Waals surface area contributed by atoms with Gasteiger partial charge in [0, 0.05) is 42.5 Å². The molecule has 1 saturated carbocycles. The highest BCUT2D eigenvalue weighted by atomic mass is 35.5. The minimum Gasteiger partial charge on any atom is -0.406 e. The molecule has 1 fully saturated rings. The van der Waals surface area contributed by atoms with Crippen LogP contribution in [-0.2, 0) is 11.8 Å². The molecule has 3 aromatic heterocycles. The number of ether oxygens (including phenoxy) is 1. The molecule has 0 bridgehead atoms. The summed E-state index contributed by atoms with van der Waals surface area (Å²) in [5.41, 5.74) is 2.98. The number of hydrogen-bond acceptors (Lipinski definition) is 6. The monoisotopic (exact) mass is 438 g/mol. The number of nitrogens with one attached hydrogen (secondary N) is 2. The second-order valence-electron chi connectivity index (χ2n) is 7.60. The molecule has 2 N–H and O–H groups in total. The third-order valence-electron chi connectivity index (χ3n) is 5.41. The fourth-order valence-corrected chi connectivity index (χ4v) is 4.09. The van der Waals surface area contributed by atoms with E-state index in [-0.39, 0.29) is 17.6 Å². The van der Waals surface area contributed by atoms with Gasteiger partial charge in [-0.15, -0.1) is 0 Å². The van der Waals surface area contributed by atoms with Crippen LogP contribution in [0, 0.1) is 0 Å². The van der Waals surface area contributed by atoms with Gasteiger partial charge in [0.15, 0.2) is 16.9 Å². The van der Waals surface area contributed by atoms with Crippen molar-refractivity contribution in [2.45, 2.75) is 31.7 Å². The molecule has 31 heavy (non-hydrogen) atoms. The van der Waals surface area contributed by atoms with Gasteiger partial charge in [-0.1, -0.05) is 11.6 Å². The first-order valence-electron chi connectivity index (χ1n) is 9.95.